The van der Waals surface area contributed by atoms with Crippen LogP contribution >= 0.6 is 0 Å². The van der Waals surface area contributed by atoms with E-state index in [0.29, 0.717) is 27.6 Å². The highest BCUT2D eigenvalue weighted by atomic mass is 16.3. The number of aliphatic hydroxyl groups is 1. The number of hydrogen-bond donors (Lipinski definition) is 1. The second-order valence-electron chi connectivity index (χ2n) is 14.7. The molecule has 0 aromatic heterocycles. The normalized spacial score (nSPS) is 57.9. The van der Waals surface area contributed by atoms with E-state index in [1.54, 1.807) is 0 Å². The predicted molar refractivity (Wildman–Crippen MR) is 131 cm³/mol. The summed E-state index contributed by atoms with van der Waals surface area (Å²) < 4.78 is 0. The molecule has 10 atom stereocenters. The first kappa shape index (κ1) is 22.5. The highest BCUT2D eigenvalue weighted by Gasteiger charge is 2.70. The van der Waals surface area contributed by atoms with Gasteiger partial charge in [0.1, 0.15) is 0 Å². The van der Waals surface area contributed by atoms with E-state index in [-0.39, 0.29) is 11.5 Å². The molecule has 0 bridgehead atoms. The number of hydrogen-bond acceptors (Lipinski definition) is 1. The molecule has 5 saturated carbocycles. The maximum Gasteiger partial charge on any atom is 0.0594 e. The Labute approximate surface area is 192 Å². The van der Waals surface area contributed by atoms with Crippen molar-refractivity contribution in [2.75, 3.05) is 0 Å². The number of allylic oxidation sites excluding steroid dienone is 1. The van der Waals surface area contributed by atoms with Gasteiger partial charge >= 0.3 is 0 Å². The zero-order chi connectivity index (χ0) is 22.6. The summed E-state index contributed by atoms with van der Waals surface area (Å²) in [4.78, 5) is 0. The minimum Gasteiger partial charge on any atom is -0.393 e. The topological polar surface area (TPSA) is 20.2 Å². The summed E-state index contributed by atoms with van der Waals surface area (Å²) >= 11 is 0. The third kappa shape index (κ3) is 2.65. The summed E-state index contributed by atoms with van der Waals surface area (Å²) in [6, 6.07) is 0. The SMILES string of the molecule is C=C(C)[C@H]1CC[C@]2(C)CC[C@]3(C)[C@@H](CC[C@H]4[C@@]5(C)CC[C@@H](O)C(C)(C)[C@H]5CC[C@]43C)[C@H]12. The van der Waals surface area contributed by atoms with Gasteiger partial charge in [0.2, 0.25) is 0 Å². The van der Waals surface area contributed by atoms with E-state index < -0.39 is 0 Å². The number of rotatable bonds is 1. The van der Waals surface area contributed by atoms with E-state index in [1.807, 2.05) is 0 Å². The fourth-order valence-corrected chi connectivity index (χ4v) is 11.5. The zero-order valence-corrected chi connectivity index (χ0v) is 21.7. The summed E-state index contributed by atoms with van der Waals surface area (Å²) in [5.74, 6) is 3.98. The van der Waals surface area contributed by atoms with Crippen molar-refractivity contribution in [1.29, 1.82) is 0 Å². The molecule has 1 nitrogen and oxygen atoms in total. The molecule has 0 spiro atoms. The summed E-state index contributed by atoms with van der Waals surface area (Å²) in [7, 11) is 0. The Morgan fingerprint density at radius 1 is 0.742 bits per heavy atom. The smallest absolute Gasteiger partial charge is 0.0594 e. The molecule has 1 N–H and O–H groups in total. The summed E-state index contributed by atoms with van der Waals surface area (Å²) in [6.07, 6.45) is 13.4. The second kappa shape index (κ2) is 6.64. The van der Waals surface area contributed by atoms with Crippen molar-refractivity contribution in [3.05, 3.63) is 12.2 Å². The molecule has 31 heavy (non-hydrogen) atoms. The van der Waals surface area contributed by atoms with E-state index in [2.05, 4.69) is 55.0 Å². The van der Waals surface area contributed by atoms with Gasteiger partial charge in [0.15, 0.2) is 0 Å². The van der Waals surface area contributed by atoms with Gasteiger partial charge in [-0.25, -0.2) is 0 Å². The first-order chi connectivity index (χ1) is 14.3. The lowest BCUT2D eigenvalue weighted by atomic mass is 9.32. The lowest BCUT2D eigenvalue weighted by molar-refractivity contribution is -0.246. The van der Waals surface area contributed by atoms with Crippen LogP contribution in [0.1, 0.15) is 113 Å². The zero-order valence-electron chi connectivity index (χ0n) is 21.7. The van der Waals surface area contributed by atoms with Gasteiger partial charge in [0.05, 0.1) is 6.10 Å². The van der Waals surface area contributed by atoms with Crippen molar-refractivity contribution in [2.45, 2.75) is 119 Å². The Balaban J connectivity index is 1.54. The second-order valence-corrected chi connectivity index (χ2v) is 14.7. The van der Waals surface area contributed by atoms with Gasteiger partial charge in [-0.05, 0) is 128 Å². The molecule has 5 aliphatic rings. The quantitative estimate of drug-likeness (QED) is 0.421. The van der Waals surface area contributed by atoms with Crippen LogP contribution in [-0.4, -0.2) is 11.2 Å². The lowest BCUT2D eigenvalue weighted by Gasteiger charge is -2.73. The molecule has 5 rings (SSSR count). The third-order valence-corrected chi connectivity index (χ3v) is 13.5. The van der Waals surface area contributed by atoms with Gasteiger partial charge in [-0.2, -0.15) is 0 Å². The van der Waals surface area contributed by atoms with Gasteiger partial charge < -0.3 is 5.11 Å². The Morgan fingerprint density at radius 2 is 1.45 bits per heavy atom. The lowest BCUT2D eigenvalue weighted by Crippen LogP contribution is -2.66. The number of aliphatic hydroxyl groups excluding tert-OH is 1. The first-order valence-corrected chi connectivity index (χ1v) is 13.6. The van der Waals surface area contributed by atoms with Crippen LogP contribution in [0, 0.1) is 56.7 Å². The van der Waals surface area contributed by atoms with E-state index >= 15 is 0 Å². The maximum atomic E-state index is 10.9. The number of fused-ring (bicyclic) bond motifs is 7. The van der Waals surface area contributed by atoms with Crippen LogP contribution in [-0.2, 0) is 0 Å². The molecule has 0 unspecified atom stereocenters. The summed E-state index contributed by atoms with van der Waals surface area (Å²) in [5, 5.41) is 10.9. The minimum atomic E-state index is -0.118. The molecular formula is C30H50O. The van der Waals surface area contributed by atoms with Gasteiger partial charge in [-0.3, -0.25) is 0 Å². The molecule has 0 amide bonds. The highest BCUT2D eigenvalue weighted by Crippen LogP contribution is 2.77. The van der Waals surface area contributed by atoms with Crippen LogP contribution in [0.4, 0.5) is 0 Å². The largest absolute Gasteiger partial charge is 0.393 e. The minimum absolute atomic E-state index is 0.0632. The van der Waals surface area contributed by atoms with Crippen molar-refractivity contribution in [3.8, 4) is 0 Å². The molecule has 0 aromatic rings. The predicted octanol–water partition coefficient (Wildman–Crippen LogP) is 8.02. The van der Waals surface area contributed by atoms with Gasteiger partial charge in [-0.15, -0.1) is 0 Å². The van der Waals surface area contributed by atoms with Crippen molar-refractivity contribution in [3.63, 3.8) is 0 Å². The molecule has 0 aliphatic heterocycles. The average molecular weight is 427 g/mol. The van der Waals surface area contributed by atoms with E-state index in [9.17, 15) is 5.11 Å². The maximum absolute atomic E-state index is 10.9. The van der Waals surface area contributed by atoms with E-state index in [0.717, 1.165) is 30.1 Å². The van der Waals surface area contributed by atoms with Crippen molar-refractivity contribution in [2.24, 2.45) is 56.7 Å². The molecule has 5 aliphatic carbocycles. The van der Waals surface area contributed by atoms with Crippen molar-refractivity contribution >= 4 is 0 Å². The molecule has 1 heteroatoms. The standard InChI is InChI=1S/C30H50O/c1-19(2)20-11-14-27(5)17-18-29(7)21(25(20)27)9-10-23-28(6)15-13-24(31)26(3,4)22(28)12-16-30(23,29)8/h20-25,31H,1,9-18H2,2-8H3/t20-,21+,22-,23+,24-,25+,27-,28+,29-,30-/m1/s1. The molecule has 0 aromatic carbocycles. The first-order valence-electron chi connectivity index (χ1n) is 13.6. The highest BCUT2D eigenvalue weighted by molar-refractivity contribution is 5.21. The van der Waals surface area contributed by atoms with Gasteiger partial charge in [0, 0.05) is 0 Å². The Kier molecular flexibility index (Phi) is 4.82. The van der Waals surface area contributed by atoms with E-state index in [4.69, 9.17) is 0 Å². The molecule has 0 heterocycles. The van der Waals surface area contributed by atoms with Crippen LogP contribution in [0.25, 0.3) is 0 Å². The monoisotopic (exact) mass is 426 g/mol. The Hall–Kier alpha value is -0.300. The third-order valence-electron chi connectivity index (χ3n) is 13.5. The summed E-state index contributed by atoms with van der Waals surface area (Å²) in [6.45, 7) is 22.3. The van der Waals surface area contributed by atoms with Crippen LogP contribution in [0.3, 0.4) is 0 Å². The Morgan fingerprint density at radius 3 is 2.13 bits per heavy atom. The van der Waals surface area contributed by atoms with Crippen LogP contribution in [0.15, 0.2) is 12.2 Å². The molecular weight excluding hydrogens is 376 g/mol. The fourth-order valence-electron chi connectivity index (χ4n) is 11.5. The average Bonchev–Trinajstić information content (AvgIpc) is 3.04. The van der Waals surface area contributed by atoms with Crippen molar-refractivity contribution in [1.82, 2.24) is 0 Å². The van der Waals surface area contributed by atoms with Crippen LogP contribution < -0.4 is 0 Å². The molecule has 0 saturated heterocycles. The van der Waals surface area contributed by atoms with Crippen LogP contribution in [0.5, 0.6) is 0 Å². The fraction of sp³-hybridized carbons (Fsp3) is 0.933. The Bertz CT molecular complexity index is 766. The van der Waals surface area contributed by atoms with Gasteiger partial charge in [-0.1, -0.05) is 53.7 Å². The summed E-state index contributed by atoms with van der Waals surface area (Å²) in [5.41, 5.74) is 3.38. The molecule has 176 valence electrons. The van der Waals surface area contributed by atoms with Gasteiger partial charge in [0.25, 0.3) is 0 Å². The van der Waals surface area contributed by atoms with E-state index in [1.165, 1.54) is 63.4 Å². The molecule has 0 radical (unpaired) electrons. The molecule has 5 fully saturated rings. The van der Waals surface area contributed by atoms with Crippen LogP contribution in [0.2, 0.25) is 0 Å². The van der Waals surface area contributed by atoms with Crippen molar-refractivity contribution < 1.29 is 5.11 Å².